The molecule has 0 aromatic rings. The average molecular weight is 142 g/mol. The molecule has 0 aromatic carbocycles. The zero-order valence-electron chi connectivity index (χ0n) is 6.03. The van der Waals surface area contributed by atoms with Crippen LogP contribution in [0.25, 0.3) is 0 Å². The summed E-state index contributed by atoms with van der Waals surface area (Å²) in [5.41, 5.74) is 0. The minimum absolute atomic E-state index is 0.726. The summed E-state index contributed by atoms with van der Waals surface area (Å²) in [5, 5.41) is 0. The number of allylic oxidation sites excluding steroid dienone is 2. The molecule has 56 valence electrons. The molecule has 0 aliphatic carbocycles. The van der Waals surface area contributed by atoms with Gasteiger partial charge in [-0.05, 0) is 13.8 Å². The highest BCUT2D eigenvalue weighted by molar-refractivity contribution is 5.61. The molecule has 3 nitrogen and oxygen atoms in total. The highest BCUT2D eigenvalue weighted by Gasteiger charge is 1.94. The van der Waals surface area contributed by atoms with E-state index < -0.39 is 6.16 Å². The molecule has 0 unspecified atom stereocenters. The molecule has 3 heteroatoms. The lowest BCUT2D eigenvalue weighted by Gasteiger charge is -1.93. The summed E-state index contributed by atoms with van der Waals surface area (Å²) in [7, 11) is 0. The molecule has 0 atom stereocenters. The Labute approximate surface area is 59.9 Å². The number of ether oxygens (including phenoxy) is 2. The van der Waals surface area contributed by atoms with E-state index in [1.165, 1.54) is 12.5 Å². The van der Waals surface area contributed by atoms with Crippen molar-refractivity contribution in [3.63, 3.8) is 0 Å². The van der Waals surface area contributed by atoms with E-state index in [-0.39, 0.29) is 0 Å². The van der Waals surface area contributed by atoms with Crippen LogP contribution in [0.5, 0.6) is 0 Å². The van der Waals surface area contributed by atoms with Gasteiger partial charge in [0.1, 0.15) is 0 Å². The first-order valence-electron chi connectivity index (χ1n) is 2.91. The lowest BCUT2D eigenvalue weighted by Crippen LogP contribution is -1.97. The molecule has 0 amide bonds. The Morgan fingerprint density at radius 1 is 1.10 bits per heavy atom. The molecule has 10 heavy (non-hydrogen) atoms. The molecule has 0 radical (unpaired) electrons. The fourth-order valence-corrected chi connectivity index (χ4v) is 0.275. The van der Waals surface area contributed by atoms with Gasteiger partial charge in [-0.3, -0.25) is 0 Å². The maximum Gasteiger partial charge on any atom is 0.518 e. The summed E-state index contributed by atoms with van der Waals surface area (Å²) in [4.78, 5) is 10.4. The molecule has 0 bridgehead atoms. The van der Waals surface area contributed by atoms with Gasteiger partial charge in [-0.15, -0.1) is 0 Å². The van der Waals surface area contributed by atoms with E-state index in [9.17, 15) is 4.79 Å². The van der Waals surface area contributed by atoms with Gasteiger partial charge in [0.05, 0.1) is 12.5 Å². The third-order valence-electron chi connectivity index (χ3n) is 0.601. The maximum atomic E-state index is 10.4. The first-order chi connectivity index (χ1) is 4.81. The summed E-state index contributed by atoms with van der Waals surface area (Å²) < 4.78 is 8.80. The van der Waals surface area contributed by atoms with Gasteiger partial charge >= 0.3 is 6.16 Å². The van der Waals surface area contributed by atoms with Crippen molar-refractivity contribution in [3.8, 4) is 0 Å². The van der Waals surface area contributed by atoms with Crippen molar-refractivity contribution in [1.82, 2.24) is 0 Å². The molecule has 0 aromatic heterocycles. The summed E-state index contributed by atoms with van der Waals surface area (Å²) in [6, 6.07) is 0. The van der Waals surface area contributed by atoms with E-state index in [1.807, 2.05) is 0 Å². The Morgan fingerprint density at radius 2 is 1.50 bits per heavy atom. The second-order valence-electron chi connectivity index (χ2n) is 1.42. The summed E-state index contributed by atoms with van der Waals surface area (Å²) in [6.07, 6.45) is 4.97. The molecule has 0 heterocycles. The first kappa shape index (κ1) is 8.75. The average Bonchev–Trinajstić information content (AvgIpc) is 1.97. The van der Waals surface area contributed by atoms with Crippen LogP contribution in [0.1, 0.15) is 13.8 Å². The molecule has 0 rings (SSSR count). The summed E-state index contributed by atoms with van der Waals surface area (Å²) in [6.45, 7) is 3.48. The van der Waals surface area contributed by atoms with Gasteiger partial charge in [-0.2, -0.15) is 0 Å². The van der Waals surface area contributed by atoms with Crippen LogP contribution in [0.15, 0.2) is 24.7 Å². The minimum atomic E-state index is -0.726. The SMILES string of the molecule is CC=COC(=O)OC=CC. The molecule has 0 saturated heterocycles. The van der Waals surface area contributed by atoms with Gasteiger partial charge in [0, 0.05) is 0 Å². The van der Waals surface area contributed by atoms with Crippen molar-refractivity contribution in [3.05, 3.63) is 24.7 Å². The zero-order chi connectivity index (χ0) is 7.82. The molecular weight excluding hydrogens is 132 g/mol. The molecular formula is C7H10O3. The van der Waals surface area contributed by atoms with E-state index in [0.717, 1.165) is 0 Å². The van der Waals surface area contributed by atoms with Crippen molar-refractivity contribution >= 4 is 6.16 Å². The maximum absolute atomic E-state index is 10.4. The van der Waals surface area contributed by atoms with Crippen LogP contribution in [-0.2, 0) is 9.47 Å². The van der Waals surface area contributed by atoms with Gasteiger partial charge in [0.2, 0.25) is 0 Å². The van der Waals surface area contributed by atoms with Crippen molar-refractivity contribution < 1.29 is 14.3 Å². The van der Waals surface area contributed by atoms with E-state index >= 15 is 0 Å². The van der Waals surface area contributed by atoms with Gasteiger partial charge in [-0.1, -0.05) is 12.2 Å². The third-order valence-corrected chi connectivity index (χ3v) is 0.601. The van der Waals surface area contributed by atoms with Crippen LogP contribution in [0.3, 0.4) is 0 Å². The zero-order valence-corrected chi connectivity index (χ0v) is 6.03. The largest absolute Gasteiger partial charge is 0.518 e. The lowest BCUT2D eigenvalue weighted by atomic mass is 10.7. The standard InChI is InChI=1S/C7H10O3/c1-3-5-9-7(8)10-6-4-2/h3-6H,1-2H3. The smallest absolute Gasteiger partial charge is 0.403 e. The molecule has 0 aliphatic rings. The van der Waals surface area contributed by atoms with E-state index in [1.54, 1.807) is 26.0 Å². The highest BCUT2D eigenvalue weighted by atomic mass is 16.7. The van der Waals surface area contributed by atoms with Crippen LogP contribution in [0, 0.1) is 0 Å². The molecule has 0 fully saturated rings. The highest BCUT2D eigenvalue weighted by Crippen LogP contribution is 1.86. The van der Waals surface area contributed by atoms with E-state index in [0.29, 0.717) is 0 Å². The van der Waals surface area contributed by atoms with E-state index in [2.05, 4.69) is 9.47 Å². The fraction of sp³-hybridized carbons (Fsp3) is 0.286. The van der Waals surface area contributed by atoms with Crippen molar-refractivity contribution in [2.45, 2.75) is 13.8 Å². The molecule has 0 saturated carbocycles. The van der Waals surface area contributed by atoms with Gasteiger partial charge in [0.25, 0.3) is 0 Å². The number of rotatable bonds is 2. The van der Waals surface area contributed by atoms with Gasteiger partial charge < -0.3 is 9.47 Å². The Balaban J connectivity index is 3.44. The van der Waals surface area contributed by atoms with Crippen LogP contribution >= 0.6 is 0 Å². The monoisotopic (exact) mass is 142 g/mol. The fourth-order valence-electron chi connectivity index (χ4n) is 0.275. The number of hydrogen-bond acceptors (Lipinski definition) is 3. The van der Waals surface area contributed by atoms with Crippen molar-refractivity contribution in [1.29, 1.82) is 0 Å². The summed E-state index contributed by atoms with van der Waals surface area (Å²) in [5.74, 6) is 0. The number of hydrogen-bond donors (Lipinski definition) is 0. The Bertz CT molecular complexity index is 131. The molecule has 0 aliphatic heterocycles. The second-order valence-corrected chi connectivity index (χ2v) is 1.42. The third kappa shape index (κ3) is 4.90. The quantitative estimate of drug-likeness (QED) is 0.438. The Hall–Kier alpha value is -1.25. The van der Waals surface area contributed by atoms with E-state index in [4.69, 9.17) is 0 Å². The second kappa shape index (κ2) is 5.88. The summed E-state index contributed by atoms with van der Waals surface area (Å²) >= 11 is 0. The lowest BCUT2D eigenvalue weighted by molar-refractivity contribution is 0.119. The minimum Gasteiger partial charge on any atom is -0.403 e. The van der Waals surface area contributed by atoms with Crippen molar-refractivity contribution in [2.24, 2.45) is 0 Å². The van der Waals surface area contributed by atoms with Crippen LogP contribution in [0.2, 0.25) is 0 Å². The number of carbonyl (C=O) groups is 1. The Morgan fingerprint density at radius 3 is 1.80 bits per heavy atom. The van der Waals surface area contributed by atoms with Crippen LogP contribution in [-0.4, -0.2) is 6.16 Å². The van der Waals surface area contributed by atoms with Gasteiger partial charge in [0.15, 0.2) is 0 Å². The predicted octanol–water partition coefficient (Wildman–Crippen LogP) is 2.21. The van der Waals surface area contributed by atoms with Crippen LogP contribution < -0.4 is 0 Å². The number of carbonyl (C=O) groups excluding carboxylic acids is 1. The van der Waals surface area contributed by atoms with Crippen LogP contribution in [0.4, 0.5) is 4.79 Å². The molecule has 0 spiro atoms. The first-order valence-corrected chi connectivity index (χ1v) is 2.91. The van der Waals surface area contributed by atoms with Crippen molar-refractivity contribution in [2.75, 3.05) is 0 Å². The molecule has 0 N–H and O–H groups in total. The topological polar surface area (TPSA) is 35.5 Å². The normalized spacial score (nSPS) is 10.6. The Kier molecular flexibility index (Phi) is 5.14. The van der Waals surface area contributed by atoms with Gasteiger partial charge in [-0.25, -0.2) is 4.79 Å². The predicted molar refractivity (Wildman–Crippen MR) is 37.2 cm³/mol.